The zero-order valence-electron chi connectivity index (χ0n) is 11.2. The number of hydrogen-bond donors (Lipinski definition) is 0. The SMILES string of the molecule is CS(=O)(=O)CCSCc1cn(-c2ccc(F)c(Cl)c2)nn1. The summed E-state index contributed by atoms with van der Waals surface area (Å²) in [6, 6.07) is 4.28. The summed E-state index contributed by atoms with van der Waals surface area (Å²) in [5, 5.41) is 7.94. The first kappa shape index (κ1) is 16.3. The molecule has 21 heavy (non-hydrogen) atoms. The van der Waals surface area contributed by atoms with Crippen molar-refractivity contribution in [2.75, 3.05) is 17.8 Å². The van der Waals surface area contributed by atoms with E-state index < -0.39 is 15.7 Å². The highest BCUT2D eigenvalue weighted by Crippen LogP contribution is 2.19. The van der Waals surface area contributed by atoms with Crippen molar-refractivity contribution in [3.05, 3.63) is 40.9 Å². The molecular formula is C12H13ClFN3O2S2. The Hall–Kier alpha value is -1.12. The first-order valence-electron chi connectivity index (χ1n) is 5.97. The van der Waals surface area contributed by atoms with Crippen LogP contribution in [-0.2, 0) is 15.6 Å². The highest BCUT2D eigenvalue weighted by atomic mass is 35.5. The number of rotatable bonds is 6. The Labute approximate surface area is 131 Å². The monoisotopic (exact) mass is 349 g/mol. The lowest BCUT2D eigenvalue weighted by Gasteiger charge is -2.01. The van der Waals surface area contributed by atoms with Gasteiger partial charge in [-0.15, -0.1) is 5.10 Å². The molecule has 0 amide bonds. The molecule has 1 heterocycles. The smallest absolute Gasteiger partial charge is 0.148 e. The summed E-state index contributed by atoms with van der Waals surface area (Å²) in [6.45, 7) is 0. The molecule has 0 saturated heterocycles. The van der Waals surface area contributed by atoms with Crippen LogP contribution in [0.4, 0.5) is 4.39 Å². The second-order valence-electron chi connectivity index (χ2n) is 4.44. The van der Waals surface area contributed by atoms with Crippen molar-refractivity contribution in [2.45, 2.75) is 5.75 Å². The van der Waals surface area contributed by atoms with Gasteiger partial charge in [0, 0.05) is 17.8 Å². The van der Waals surface area contributed by atoms with Crippen molar-refractivity contribution in [2.24, 2.45) is 0 Å². The highest BCUT2D eigenvalue weighted by Gasteiger charge is 2.07. The maximum absolute atomic E-state index is 13.1. The van der Waals surface area contributed by atoms with Crippen LogP contribution in [0, 0.1) is 5.82 Å². The molecule has 5 nitrogen and oxygen atoms in total. The lowest BCUT2D eigenvalue weighted by Crippen LogP contribution is -2.05. The van der Waals surface area contributed by atoms with Crippen LogP contribution in [0.5, 0.6) is 0 Å². The summed E-state index contributed by atoms with van der Waals surface area (Å²) in [7, 11) is -2.94. The molecule has 0 atom stereocenters. The number of aromatic nitrogens is 3. The Morgan fingerprint density at radius 2 is 2.19 bits per heavy atom. The zero-order chi connectivity index (χ0) is 15.5. The van der Waals surface area contributed by atoms with E-state index >= 15 is 0 Å². The molecule has 0 unspecified atom stereocenters. The first-order chi connectivity index (χ1) is 9.85. The van der Waals surface area contributed by atoms with Gasteiger partial charge >= 0.3 is 0 Å². The number of nitrogens with zero attached hydrogens (tertiary/aromatic N) is 3. The maximum Gasteiger partial charge on any atom is 0.148 e. The molecule has 2 rings (SSSR count). The Morgan fingerprint density at radius 3 is 2.86 bits per heavy atom. The van der Waals surface area contributed by atoms with E-state index in [0.29, 0.717) is 22.9 Å². The minimum absolute atomic E-state index is 0.0204. The Morgan fingerprint density at radius 1 is 1.43 bits per heavy atom. The predicted molar refractivity (Wildman–Crippen MR) is 82.2 cm³/mol. The van der Waals surface area contributed by atoms with E-state index in [2.05, 4.69) is 10.3 Å². The quantitative estimate of drug-likeness (QED) is 0.749. The summed E-state index contributed by atoms with van der Waals surface area (Å²) >= 11 is 7.18. The average Bonchev–Trinajstić information content (AvgIpc) is 2.86. The fraction of sp³-hybridized carbons (Fsp3) is 0.333. The number of thioether (sulfide) groups is 1. The molecule has 0 aliphatic carbocycles. The topological polar surface area (TPSA) is 64.8 Å². The third-order valence-corrected chi connectivity index (χ3v) is 5.04. The largest absolute Gasteiger partial charge is 0.229 e. The van der Waals surface area contributed by atoms with Gasteiger partial charge in [-0.2, -0.15) is 11.8 Å². The number of sulfone groups is 1. The van der Waals surface area contributed by atoms with Gasteiger partial charge < -0.3 is 0 Å². The van der Waals surface area contributed by atoms with Crippen molar-refractivity contribution in [3.63, 3.8) is 0 Å². The van der Waals surface area contributed by atoms with E-state index in [0.717, 1.165) is 0 Å². The minimum Gasteiger partial charge on any atom is -0.229 e. The van der Waals surface area contributed by atoms with Gasteiger partial charge in [-0.1, -0.05) is 16.8 Å². The van der Waals surface area contributed by atoms with Crippen molar-refractivity contribution in [3.8, 4) is 5.69 Å². The average molecular weight is 350 g/mol. The fourth-order valence-electron chi connectivity index (χ4n) is 1.51. The molecule has 114 valence electrons. The van der Waals surface area contributed by atoms with E-state index in [-0.39, 0.29) is 10.8 Å². The summed E-state index contributed by atoms with van der Waals surface area (Å²) in [4.78, 5) is 0. The Bertz CT molecular complexity index is 734. The summed E-state index contributed by atoms with van der Waals surface area (Å²) < 4.78 is 36.6. The van der Waals surface area contributed by atoms with Crippen molar-refractivity contribution < 1.29 is 12.8 Å². The highest BCUT2D eigenvalue weighted by molar-refractivity contribution is 7.99. The van der Waals surface area contributed by atoms with E-state index in [9.17, 15) is 12.8 Å². The van der Waals surface area contributed by atoms with Crippen LogP contribution in [0.15, 0.2) is 24.4 Å². The van der Waals surface area contributed by atoms with Gasteiger partial charge in [-0.3, -0.25) is 0 Å². The van der Waals surface area contributed by atoms with Crippen LogP contribution in [0.25, 0.3) is 5.69 Å². The van der Waals surface area contributed by atoms with Crippen molar-refractivity contribution in [1.29, 1.82) is 0 Å². The molecule has 0 bridgehead atoms. The van der Waals surface area contributed by atoms with E-state index in [1.54, 1.807) is 12.3 Å². The molecule has 1 aromatic heterocycles. The standard InChI is InChI=1S/C12H13ClFN3O2S2/c1-21(18,19)5-4-20-8-9-7-17(16-15-9)10-2-3-12(14)11(13)6-10/h2-3,6-7H,4-5,8H2,1H3. The lowest BCUT2D eigenvalue weighted by atomic mass is 10.3. The molecule has 2 aromatic rings. The Balaban J connectivity index is 1.96. The van der Waals surface area contributed by atoms with Crippen molar-refractivity contribution >= 4 is 33.2 Å². The van der Waals surface area contributed by atoms with Crippen LogP contribution >= 0.6 is 23.4 Å². The Kier molecular flexibility index (Phi) is 5.23. The summed E-state index contributed by atoms with van der Waals surface area (Å²) in [5.74, 6) is 0.717. The van der Waals surface area contributed by atoms with Crippen LogP contribution in [0.1, 0.15) is 5.69 Å². The normalized spacial score (nSPS) is 11.8. The molecule has 0 fully saturated rings. The second-order valence-corrected chi connectivity index (χ2v) is 8.21. The summed E-state index contributed by atoms with van der Waals surface area (Å²) in [6.07, 6.45) is 2.92. The van der Waals surface area contributed by atoms with Gasteiger partial charge in [0.05, 0.1) is 28.4 Å². The number of benzene rings is 1. The number of halogens is 2. The maximum atomic E-state index is 13.1. The van der Waals surface area contributed by atoms with Crippen LogP contribution in [0.3, 0.4) is 0 Å². The zero-order valence-corrected chi connectivity index (χ0v) is 13.6. The molecular weight excluding hydrogens is 337 g/mol. The third kappa shape index (κ3) is 4.98. The van der Waals surface area contributed by atoms with Gasteiger partial charge in [-0.25, -0.2) is 17.5 Å². The van der Waals surface area contributed by atoms with Crippen LogP contribution in [-0.4, -0.2) is 41.2 Å². The molecule has 0 N–H and O–H groups in total. The van der Waals surface area contributed by atoms with Gasteiger partial charge in [0.2, 0.25) is 0 Å². The molecule has 9 heteroatoms. The molecule has 0 spiro atoms. The van der Waals surface area contributed by atoms with Gasteiger partial charge in [-0.05, 0) is 18.2 Å². The molecule has 0 saturated carbocycles. The minimum atomic E-state index is -2.94. The van der Waals surface area contributed by atoms with E-state index in [4.69, 9.17) is 11.6 Å². The van der Waals surface area contributed by atoms with E-state index in [1.807, 2.05) is 0 Å². The summed E-state index contributed by atoms with van der Waals surface area (Å²) in [5.41, 5.74) is 1.33. The van der Waals surface area contributed by atoms with Gasteiger partial charge in [0.15, 0.2) is 0 Å². The lowest BCUT2D eigenvalue weighted by molar-refractivity contribution is 0.603. The molecule has 0 aliphatic rings. The van der Waals surface area contributed by atoms with Gasteiger partial charge in [0.1, 0.15) is 15.7 Å². The number of hydrogen-bond acceptors (Lipinski definition) is 5. The van der Waals surface area contributed by atoms with E-state index in [1.165, 1.54) is 34.8 Å². The fourth-order valence-corrected chi connectivity index (χ4v) is 3.85. The van der Waals surface area contributed by atoms with Crippen molar-refractivity contribution in [1.82, 2.24) is 15.0 Å². The second kappa shape index (κ2) is 6.76. The first-order valence-corrected chi connectivity index (χ1v) is 9.56. The van der Waals surface area contributed by atoms with Gasteiger partial charge in [0.25, 0.3) is 0 Å². The predicted octanol–water partition coefficient (Wildman–Crippen LogP) is 2.34. The molecule has 1 aromatic carbocycles. The molecule has 0 radical (unpaired) electrons. The van der Waals surface area contributed by atoms with Crippen LogP contribution < -0.4 is 0 Å². The third-order valence-electron chi connectivity index (χ3n) is 2.56. The molecule has 0 aliphatic heterocycles. The van der Waals surface area contributed by atoms with Crippen LogP contribution in [0.2, 0.25) is 5.02 Å².